The van der Waals surface area contributed by atoms with Crippen LogP contribution in [-0.4, -0.2) is 101 Å². The highest BCUT2D eigenvalue weighted by Crippen LogP contribution is 2.54. The van der Waals surface area contributed by atoms with E-state index in [-0.39, 0.29) is 0 Å². The van der Waals surface area contributed by atoms with E-state index in [2.05, 4.69) is 32.6 Å². The molecule has 176 valence electrons. The van der Waals surface area contributed by atoms with Crippen LogP contribution >= 0.6 is 65.8 Å². The average molecular weight is 533 g/mol. The third-order valence-corrected chi connectivity index (χ3v) is 8.74. The minimum atomic E-state index is -3.30. The molecule has 0 aliphatic heterocycles. The van der Waals surface area contributed by atoms with Crippen molar-refractivity contribution in [3.8, 4) is 0 Å². The van der Waals surface area contributed by atoms with Gasteiger partial charge in [-0.05, 0) is 27.7 Å². The van der Waals surface area contributed by atoms with E-state index < -0.39 is 7.67 Å². The van der Waals surface area contributed by atoms with Crippen LogP contribution in [0.15, 0.2) is 0 Å². The van der Waals surface area contributed by atoms with Gasteiger partial charge >= 0.3 is 7.67 Å². The average Bonchev–Trinajstić information content (AvgIpc) is 2.66. The minimum absolute atomic E-state index is 0.342. The molecule has 0 bridgehead atoms. The van der Waals surface area contributed by atoms with Crippen molar-refractivity contribution < 1.29 is 9.09 Å². The van der Waals surface area contributed by atoms with Gasteiger partial charge in [-0.2, -0.15) is 11.8 Å². The Hall–Kier alpha value is 1.58. The van der Waals surface area contributed by atoms with E-state index in [9.17, 15) is 4.57 Å². The summed E-state index contributed by atoms with van der Waals surface area (Å²) in [4.78, 5) is 2.46. The summed E-state index contributed by atoms with van der Waals surface area (Å²) in [6, 6.07) is 1.04. The molecular weight excluding hydrogens is 495 g/mol. The summed E-state index contributed by atoms with van der Waals surface area (Å²) < 4.78 is 23.4. The molecule has 11 heteroatoms. The maximum atomic E-state index is 13.9. The summed E-state index contributed by atoms with van der Waals surface area (Å²) in [6.45, 7) is 12.0. The topological polar surface area (TPSA) is 36.0 Å². The minimum Gasteiger partial charge on any atom is -0.305 e. The van der Waals surface area contributed by atoms with Crippen LogP contribution in [0.2, 0.25) is 0 Å². The summed E-state index contributed by atoms with van der Waals surface area (Å²) in [5, 5.41) is 0. The third-order valence-electron chi connectivity index (χ3n) is 4.39. The van der Waals surface area contributed by atoms with Crippen LogP contribution in [0, 0.1) is 0 Å². The molecule has 0 heterocycles. The first-order valence-electron chi connectivity index (χ1n) is 10.1. The highest BCUT2D eigenvalue weighted by Gasteiger charge is 2.37. The number of rotatable bonds is 19. The molecule has 0 saturated heterocycles. The van der Waals surface area contributed by atoms with Gasteiger partial charge in [-0.1, -0.05) is 0 Å². The zero-order chi connectivity index (χ0) is 22.3. The Balaban J connectivity index is 4.89. The Morgan fingerprint density at radius 1 is 0.759 bits per heavy atom. The van der Waals surface area contributed by atoms with Gasteiger partial charge < -0.3 is 4.52 Å². The van der Waals surface area contributed by atoms with E-state index in [1.807, 2.05) is 0 Å². The quantitative estimate of drug-likeness (QED) is 0.124. The first kappa shape index (κ1) is 30.6. The van der Waals surface area contributed by atoms with Crippen molar-refractivity contribution in [3.63, 3.8) is 0 Å². The lowest BCUT2D eigenvalue weighted by molar-refractivity contribution is 0.187. The molecule has 0 spiro atoms. The molecule has 0 rings (SSSR count). The molecule has 0 fully saturated rings. The van der Waals surface area contributed by atoms with E-state index in [0.717, 1.165) is 18.1 Å². The van der Waals surface area contributed by atoms with Gasteiger partial charge in [-0.25, -0.2) is 9.34 Å². The number of hydrogen-bond acceptors (Lipinski definition) is 4. The van der Waals surface area contributed by atoms with E-state index >= 15 is 0 Å². The Kier molecular flexibility index (Phi) is 19.0. The number of halogens is 4. The number of nitrogens with zero attached hydrogens (tertiary/aromatic N) is 3. The molecule has 0 aromatic heterocycles. The number of hydrogen-bond donors (Lipinski definition) is 0. The second-order valence-electron chi connectivity index (χ2n) is 7.02. The van der Waals surface area contributed by atoms with E-state index in [1.165, 1.54) is 0 Å². The lowest BCUT2D eigenvalue weighted by Crippen LogP contribution is -2.38. The van der Waals surface area contributed by atoms with Crippen LogP contribution in [0.3, 0.4) is 0 Å². The maximum absolute atomic E-state index is 13.9. The molecule has 29 heavy (non-hydrogen) atoms. The first-order chi connectivity index (χ1) is 13.8. The lowest BCUT2D eigenvalue weighted by Gasteiger charge is -2.37. The van der Waals surface area contributed by atoms with E-state index in [4.69, 9.17) is 50.9 Å². The van der Waals surface area contributed by atoms with Gasteiger partial charge in [0, 0.05) is 79.8 Å². The predicted octanol–water partition coefficient (Wildman–Crippen LogP) is 5.52. The van der Waals surface area contributed by atoms with Crippen LogP contribution in [-0.2, 0) is 9.09 Å². The van der Waals surface area contributed by atoms with Crippen molar-refractivity contribution >= 4 is 65.8 Å². The first-order valence-corrected chi connectivity index (χ1v) is 14.9. The number of alkyl halides is 4. The molecule has 0 saturated carbocycles. The monoisotopic (exact) mass is 531 g/mol. The van der Waals surface area contributed by atoms with Gasteiger partial charge in [-0.3, -0.25) is 9.46 Å². The molecule has 0 amide bonds. The summed E-state index contributed by atoms with van der Waals surface area (Å²) in [6.07, 6.45) is 0. The highest BCUT2D eigenvalue weighted by molar-refractivity contribution is 7.99. The standard InChI is InChI=1S/C18H38Cl4N3O2PS/c1-17(2)25(18(3)4)13-15-29-16-14-27-28(26,23(9-5-19)10-6-20)24(11-7-21)12-8-22/h17-18H,5-16H2,1-4H3. The SMILES string of the molecule is CC(C)N(CCSCCOP(=O)(N(CCCl)CCCl)N(CCCl)CCCl)C(C)C. The van der Waals surface area contributed by atoms with Gasteiger partial charge in [0.2, 0.25) is 0 Å². The fourth-order valence-corrected chi connectivity index (χ4v) is 7.64. The molecule has 0 aromatic carbocycles. The fraction of sp³-hybridized carbons (Fsp3) is 1.00. The van der Waals surface area contributed by atoms with Crippen LogP contribution < -0.4 is 0 Å². The zero-order valence-electron chi connectivity index (χ0n) is 18.2. The van der Waals surface area contributed by atoms with Crippen molar-refractivity contribution in [1.82, 2.24) is 14.2 Å². The van der Waals surface area contributed by atoms with Gasteiger partial charge in [0.15, 0.2) is 0 Å². The molecule has 0 aliphatic carbocycles. The van der Waals surface area contributed by atoms with Crippen LogP contribution in [0.5, 0.6) is 0 Å². The molecule has 0 unspecified atom stereocenters. The zero-order valence-corrected chi connectivity index (χ0v) is 22.9. The molecular formula is C18H38Cl4N3O2PS. The third kappa shape index (κ3) is 11.8. The predicted molar refractivity (Wildman–Crippen MR) is 134 cm³/mol. The van der Waals surface area contributed by atoms with E-state index in [1.54, 1.807) is 21.1 Å². The van der Waals surface area contributed by atoms with Gasteiger partial charge in [-0.15, -0.1) is 46.4 Å². The molecule has 0 atom stereocenters. The Bertz CT molecular complexity index is 413. The van der Waals surface area contributed by atoms with Crippen LogP contribution in [0.4, 0.5) is 0 Å². The van der Waals surface area contributed by atoms with Crippen LogP contribution in [0.1, 0.15) is 27.7 Å². The molecule has 0 radical (unpaired) electrons. The smallest absolute Gasteiger partial charge is 0.305 e. The van der Waals surface area contributed by atoms with Gasteiger partial charge in [0.05, 0.1) is 6.61 Å². The normalized spacial score (nSPS) is 13.0. The molecule has 0 aromatic rings. The van der Waals surface area contributed by atoms with Gasteiger partial charge in [0.1, 0.15) is 0 Å². The second kappa shape index (κ2) is 18.1. The molecule has 5 nitrogen and oxygen atoms in total. The molecule has 0 aliphatic rings. The summed E-state index contributed by atoms with van der Waals surface area (Å²) in [5.74, 6) is 3.14. The Labute approximate surface area is 202 Å². The Morgan fingerprint density at radius 2 is 1.17 bits per heavy atom. The van der Waals surface area contributed by atoms with E-state index in [0.29, 0.717) is 68.4 Å². The van der Waals surface area contributed by atoms with Crippen LogP contribution in [0.25, 0.3) is 0 Å². The van der Waals surface area contributed by atoms with Crippen molar-refractivity contribution in [2.45, 2.75) is 39.8 Å². The van der Waals surface area contributed by atoms with Crippen molar-refractivity contribution in [3.05, 3.63) is 0 Å². The maximum Gasteiger partial charge on any atom is 0.346 e. The second-order valence-corrected chi connectivity index (χ2v) is 12.1. The van der Waals surface area contributed by atoms with Gasteiger partial charge in [0.25, 0.3) is 0 Å². The Morgan fingerprint density at radius 3 is 1.52 bits per heavy atom. The fourth-order valence-electron chi connectivity index (χ4n) is 3.06. The summed E-state index contributed by atoms with van der Waals surface area (Å²) >= 11 is 25.6. The molecule has 0 N–H and O–H groups in total. The summed E-state index contributed by atoms with van der Waals surface area (Å²) in [7, 11) is -3.30. The number of thioether (sulfide) groups is 1. The largest absolute Gasteiger partial charge is 0.346 e. The van der Waals surface area contributed by atoms with Crippen molar-refractivity contribution in [1.29, 1.82) is 0 Å². The van der Waals surface area contributed by atoms with Crippen molar-refractivity contribution in [2.24, 2.45) is 0 Å². The van der Waals surface area contributed by atoms with Crippen molar-refractivity contribution in [2.75, 3.05) is 74.4 Å². The highest BCUT2D eigenvalue weighted by atomic mass is 35.5. The lowest BCUT2D eigenvalue weighted by atomic mass is 10.2. The summed E-state index contributed by atoms with van der Waals surface area (Å²) in [5.41, 5.74) is 0.